The molecule has 0 aromatic rings. The van der Waals surface area contributed by atoms with Gasteiger partial charge in [0.25, 0.3) is 0 Å². The zero-order valence-electron chi connectivity index (χ0n) is 11.5. The molecule has 6 heteroatoms. The fourth-order valence-corrected chi connectivity index (χ4v) is 4.31. The zero-order chi connectivity index (χ0) is 13.1. The average Bonchev–Trinajstić information content (AvgIpc) is 2.27. The van der Waals surface area contributed by atoms with Gasteiger partial charge in [0.05, 0.1) is 0 Å². The van der Waals surface area contributed by atoms with E-state index in [9.17, 15) is 0 Å². The molecule has 0 aliphatic rings. The molecule has 0 aliphatic heterocycles. The molecule has 0 amide bonds. The topological polar surface area (TPSA) is 62.9 Å². The van der Waals surface area contributed by atoms with Crippen LogP contribution in [0.4, 0.5) is 0 Å². The lowest BCUT2D eigenvalue weighted by atomic mass is 10.5. The van der Waals surface area contributed by atoms with Gasteiger partial charge in [-0.2, -0.15) is 0 Å². The summed E-state index contributed by atoms with van der Waals surface area (Å²) in [6.45, 7) is 10.1. The maximum Gasteiger partial charge on any atom is 0.502 e. The quantitative estimate of drug-likeness (QED) is 0.455. The van der Waals surface area contributed by atoms with E-state index in [2.05, 4.69) is 0 Å². The average molecular weight is 265 g/mol. The molecule has 0 aromatic heterocycles. The Morgan fingerprint density at radius 2 is 1.65 bits per heavy atom. The number of hydrogen-bond acceptors (Lipinski definition) is 5. The van der Waals surface area contributed by atoms with Crippen molar-refractivity contribution in [3.8, 4) is 0 Å². The molecular weight excluding hydrogens is 238 g/mol. The van der Waals surface area contributed by atoms with Gasteiger partial charge in [0.2, 0.25) is 0 Å². The largest absolute Gasteiger partial charge is 0.502 e. The summed E-state index contributed by atoms with van der Waals surface area (Å²) in [5.74, 6) is 0. The third kappa shape index (κ3) is 7.12. The highest BCUT2D eigenvalue weighted by atomic mass is 28.4. The fourth-order valence-electron chi connectivity index (χ4n) is 1.59. The van der Waals surface area contributed by atoms with E-state index in [1.807, 2.05) is 27.7 Å². The first kappa shape index (κ1) is 17.0. The molecule has 5 nitrogen and oxygen atoms in total. The second-order valence-corrected chi connectivity index (χ2v) is 6.26. The van der Waals surface area contributed by atoms with Crippen LogP contribution in [-0.4, -0.2) is 41.5 Å². The summed E-state index contributed by atoms with van der Waals surface area (Å²) in [6.07, 6.45) is 0.535. The molecule has 17 heavy (non-hydrogen) atoms. The Morgan fingerprint density at radius 1 is 1.06 bits per heavy atom. The van der Waals surface area contributed by atoms with Crippen molar-refractivity contribution in [1.82, 2.24) is 0 Å². The van der Waals surface area contributed by atoms with Crippen molar-refractivity contribution < 1.29 is 18.0 Å². The van der Waals surface area contributed by atoms with E-state index in [-0.39, 0.29) is 6.29 Å². The van der Waals surface area contributed by atoms with E-state index in [4.69, 9.17) is 23.7 Å². The van der Waals surface area contributed by atoms with E-state index in [1.54, 1.807) is 0 Å². The van der Waals surface area contributed by atoms with Crippen molar-refractivity contribution in [3.05, 3.63) is 0 Å². The van der Waals surface area contributed by atoms with Gasteiger partial charge in [0, 0.05) is 25.9 Å². The van der Waals surface area contributed by atoms with Crippen LogP contribution >= 0.6 is 0 Å². The highest BCUT2D eigenvalue weighted by Gasteiger charge is 2.41. The van der Waals surface area contributed by atoms with Crippen LogP contribution in [0.1, 0.15) is 34.1 Å². The van der Waals surface area contributed by atoms with E-state index < -0.39 is 8.80 Å². The predicted octanol–water partition coefficient (Wildman–Crippen LogP) is 1.75. The Bertz CT molecular complexity index is 177. The van der Waals surface area contributed by atoms with E-state index in [0.29, 0.717) is 26.4 Å². The molecule has 0 radical (unpaired) electrons. The second kappa shape index (κ2) is 9.99. The number of rotatable bonds is 11. The van der Waals surface area contributed by atoms with Gasteiger partial charge in [-0.3, -0.25) is 0 Å². The van der Waals surface area contributed by atoms with Gasteiger partial charge < -0.3 is 23.7 Å². The van der Waals surface area contributed by atoms with Gasteiger partial charge in [-0.15, -0.1) is 0 Å². The molecule has 0 saturated heterocycles. The molecule has 2 N–H and O–H groups in total. The van der Waals surface area contributed by atoms with Crippen molar-refractivity contribution >= 4 is 8.80 Å². The van der Waals surface area contributed by atoms with E-state index >= 15 is 0 Å². The monoisotopic (exact) mass is 265 g/mol. The molecule has 0 fully saturated rings. The Morgan fingerprint density at radius 3 is 2.06 bits per heavy atom. The van der Waals surface area contributed by atoms with Crippen LogP contribution < -0.4 is 5.73 Å². The Kier molecular flexibility index (Phi) is 10.00. The lowest BCUT2D eigenvalue weighted by Crippen LogP contribution is -2.48. The lowest BCUT2D eigenvalue weighted by molar-refractivity contribution is -0.104. The molecule has 0 spiro atoms. The van der Waals surface area contributed by atoms with Gasteiger partial charge in [0.1, 0.15) is 6.29 Å². The van der Waals surface area contributed by atoms with Crippen LogP contribution in [0, 0.1) is 0 Å². The van der Waals surface area contributed by atoms with Crippen LogP contribution in [0.3, 0.4) is 0 Å². The molecule has 0 heterocycles. The molecule has 0 bridgehead atoms. The minimum atomic E-state index is -2.62. The van der Waals surface area contributed by atoms with Crippen molar-refractivity contribution in [2.75, 3.05) is 26.4 Å². The Hall–Kier alpha value is 0.0169. The summed E-state index contributed by atoms with van der Waals surface area (Å²) in [5.41, 5.74) is 5.54. The minimum absolute atomic E-state index is 0.303. The molecular formula is C11H27NO4Si. The van der Waals surface area contributed by atoms with Crippen LogP contribution in [0.15, 0.2) is 0 Å². The Balaban J connectivity index is 4.50. The maximum atomic E-state index is 5.88. The number of ether oxygens (including phenoxy) is 1. The SMILES string of the molecule is CCOC(C)O[Si](CCCN)(OCC)OCC. The molecule has 0 aliphatic carbocycles. The van der Waals surface area contributed by atoms with Gasteiger partial charge in [-0.1, -0.05) is 0 Å². The normalized spacial score (nSPS) is 13.9. The predicted molar refractivity (Wildman–Crippen MR) is 69.7 cm³/mol. The molecule has 1 unspecified atom stereocenters. The Labute approximate surface area is 106 Å². The first-order chi connectivity index (χ1) is 8.14. The van der Waals surface area contributed by atoms with Crippen molar-refractivity contribution in [1.29, 1.82) is 0 Å². The third-order valence-corrected chi connectivity index (χ3v) is 5.28. The number of hydrogen-bond donors (Lipinski definition) is 1. The van der Waals surface area contributed by atoms with E-state index in [1.165, 1.54) is 0 Å². The summed E-state index contributed by atoms with van der Waals surface area (Å²) in [5, 5.41) is 0. The van der Waals surface area contributed by atoms with Gasteiger partial charge >= 0.3 is 8.80 Å². The van der Waals surface area contributed by atoms with Crippen molar-refractivity contribution in [3.63, 3.8) is 0 Å². The van der Waals surface area contributed by atoms with Gasteiger partial charge in [-0.25, -0.2) is 0 Å². The highest BCUT2D eigenvalue weighted by Crippen LogP contribution is 2.20. The van der Waals surface area contributed by atoms with E-state index in [0.717, 1.165) is 12.5 Å². The molecule has 1 atom stereocenters. The standard InChI is InChI=1S/C11H27NO4Si/c1-5-13-11(4)16-17(14-6-2,15-7-3)10-8-9-12/h11H,5-10,12H2,1-4H3. The molecule has 0 saturated carbocycles. The summed E-state index contributed by atoms with van der Waals surface area (Å²) in [7, 11) is -2.62. The van der Waals surface area contributed by atoms with Gasteiger partial charge in [-0.05, 0) is 40.7 Å². The summed E-state index contributed by atoms with van der Waals surface area (Å²) in [4.78, 5) is 0. The third-order valence-electron chi connectivity index (χ3n) is 2.16. The summed E-state index contributed by atoms with van der Waals surface area (Å²) in [6, 6.07) is 0.739. The molecule has 0 aromatic carbocycles. The zero-order valence-corrected chi connectivity index (χ0v) is 12.5. The minimum Gasteiger partial charge on any atom is -0.374 e. The van der Waals surface area contributed by atoms with Crippen LogP contribution in [0.2, 0.25) is 6.04 Å². The van der Waals surface area contributed by atoms with Gasteiger partial charge in [0.15, 0.2) is 0 Å². The summed E-state index contributed by atoms with van der Waals surface area (Å²) >= 11 is 0. The molecule has 104 valence electrons. The smallest absolute Gasteiger partial charge is 0.374 e. The lowest BCUT2D eigenvalue weighted by Gasteiger charge is -2.31. The fraction of sp³-hybridized carbons (Fsp3) is 1.00. The summed E-state index contributed by atoms with van der Waals surface area (Å²) < 4.78 is 22.8. The first-order valence-corrected chi connectivity index (χ1v) is 8.34. The second-order valence-electron chi connectivity index (χ2n) is 3.58. The van der Waals surface area contributed by atoms with Crippen molar-refractivity contribution in [2.24, 2.45) is 5.73 Å². The van der Waals surface area contributed by atoms with Crippen LogP contribution in [-0.2, 0) is 18.0 Å². The molecule has 0 rings (SSSR count). The first-order valence-electron chi connectivity index (χ1n) is 6.41. The highest BCUT2D eigenvalue weighted by molar-refractivity contribution is 6.60. The van der Waals surface area contributed by atoms with Crippen molar-refractivity contribution in [2.45, 2.75) is 46.4 Å². The maximum absolute atomic E-state index is 5.88. The number of nitrogens with two attached hydrogens (primary N) is 1. The van der Waals surface area contributed by atoms with Crippen LogP contribution in [0.25, 0.3) is 0 Å². The van der Waals surface area contributed by atoms with Crippen LogP contribution in [0.5, 0.6) is 0 Å².